The number of benzene rings is 4. The Balaban J connectivity index is 0.773. The molecule has 4 saturated heterocycles. The number of nitrogens with zero attached hydrogens (tertiary/aromatic N) is 5. The Hall–Kier alpha value is -7.49. The van der Waals surface area contributed by atoms with Crippen LogP contribution in [0.2, 0.25) is 0 Å². The van der Waals surface area contributed by atoms with Crippen molar-refractivity contribution in [1.29, 1.82) is 0 Å². The van der Waals surface area contributed by atoms with Gasteiger partial charge < -0.3 is 34.3 Å². The number of likely N-dealkylation sites (tertiary alicyclic amines) is 2. The summed E-state index contributed by atoms with van der Waals surface area (Å²) in [6, 6.07) is 30.9. The van der Waals surface area contributed by atoms with Gasteiger partial charge in [-0.2, -0.15) is 0 Å². The normalized spacial score (nSPS) is 20.8. The summed E-state index contributed by atoms with van der Waals surface area (Å²) in [5.41, 5.74) is 4.25. The number of ether oxygens (including phenoxy) is 2. The second-order valence-corrected chi connectivity index (χ2v) is 15.9. The minimum atomic E-state index is -0.677. The minimum absolute atomic E-state index is 0.158. The molecule has 4 atom stereocenters. The summed E-state index contributed by atoms with van der Waals surface area (Å²) in [7, 11) is 0. The van der Waals surface area contributed by atoms with Crippen LogP contribution in [0.25, 0.3) is 22.8 Å². The van der Waals surface area contributed by atoms with Gasteiger partial charge in [0.1, 0.15) is 38.4 Å². The van der Waals surface area contributed by atoms with E-state index in [1.165, 1.54) is 14.7 Å². The van der Waals surface area contributed by atoms with E-state index in [1.54, 1.807) is 59.6 Å². The smallest absolute Gasteiger partial charge is 0.410 e. The number of aromatic nitrogens is 1. The van der Waals surface area contributed by atoms with E-state index in [4.69, 9.17) is 13.9 Å². The highest BCUT2D eigenvalue weighted by atomic mass is 16.6. The Kier molecular flexibility index (Phi) is 11.6. The van der Waals surface area contributed by atoms with Crippen molar-refractivity contribution in [3.8, 4) is 22.8 Å². The summed E-state index contributed by atoms with van der Waals surface area (Å²) in [5, 5.41) is 5.86. The zero-order chi connectivity index (χ0) is 43.5. The molecular formula is C47H45N7O9. The van der Waals surface area contributed by atoms with Crippen LogP contribution >= 0.6 is 0 Å². The largest absolute Gasteiger partial charge is 0.447 e. The molecule has 1 aromatic heterocycles. The summed E-state index contributed by atoms with van der Waals surface area (Å²) in [4.78, 5) is 89.3. The minimum Gasteiger partial charge on any atom is -0.447 e. The fraction of sp³-hybridized carbons (Fsp3) is 0.298. The van der Waals surface area contributed by atoms with Crippen molar-refractivity contribution < 1.29 is 42.7 Å². The molecule has 16 nitrogen and oxygen atoms in total. The lowest BCUT2D eigenvalue weighted by molar-refractivity contribution is -0.137. The van der Waals surface area contributed by atoms with Gasteiger partial charge in [0.25, 0.3) is 0 Å². The molecule has 0 spiro atoms. The molecule has 4 aromatic carbocycles. The molecular weight excluding hydrogens is 807 g/mol. The lowest BCUT2D eigenvalue weighted by Gasteiger charge is -2.27. The standard InChI is InChI=1S/C47H45N7O9/c55-41(26-53-38(28-61-46(53)59)30-9-3-1-4-10-30)51-23-7-13-36(51)43(57)49-34-19-15-32(16-20-34)40-25-48-45(63-40)33-17-21-35(22-18-33)50-44(58)37-14-8-24-52(37)42(56)27-54-39(29-62-47(54)60)31-11-5-2-6-12-31/h1-6,9-12,15-22,25,36-39H,7-8,13-14,23-24,26-29H2,(H,49,57)(H,50,58)/t36?,37?,38-,39-/m1/s1. The predicted molar refractivity (Wildman–Crippen MR) is 229 cm³/mol. The monoisotopic (exact) mass is 851 g/mol. The molecule has 4 aliphatic heterocycles. The number of hydrogen-bond acceptors (Lipinski definition) is 10. The number of rotatable bonds is 12. The number of oxazole rings is 1. The molecule has 2 unspecified atom stereocenters. The third-order valence-electron chi connectivity index (χ3n) is 12.0. The number of cyclic esters (lactones) is 2. The van der Waals surface area contributed by atoms with Gasteiger partial charge in [0.15, 0.2) is 5.76 Å². The third kappa shape index (κ3) is 8.69. The number of anilines is 2. The Labute approximate surface area is 362 Å². The molecule has 5 heterocycles. The van der Waals surface area contributed by atoms with Gasteiger partial charge in [-0.15, -0.1) is 0 Å². The van der Waals surface area contributed by atoms with Gasteiger partial charge in [0, 0.05) is 35.6 Å². The fourth-order valence-electron chi connectivity index (χ4n) is 8.71. The van der Waals surface area contributed by atoms with Crippen molar-refractivity contribution in [3.05, 3.63) is 127 Å². The lowest BCUT2D eigenvalue weighted by atomic mass is 10.1. The van der Waals surface area contributed by atoms with Crippen molar-refractivity contribution in [1.82, 2.24) is 24.6 Å². The molecule has 0 saturated carbocycles. The van der Waals surface area contributed by atoms with Crippen LogP contribution in [-0.4, -0.2) is 112 Å². The maximum absolute atomic E-state index is 13.5. The Bertz CT molecular complexity index is 2330. The van der Waals surface area contributed by atoms with E-state index in [1.807, 2.05) is 60.7 Å². The van der Waals surface area contributed by atoms with Crippen LogP contribution in [0.5, 0.6) is 0 Å². The van der Waals surface area contributed by atoms with Crippen LogP contribution < -0.4 is 10.6 Å². The Morgan fingerprint density at radius 2 is 1.03 bits per heavy atom. The number of carbonyl (C=O) groups is 6. The van der Waals surface area contributed by atoms with Crippen molar-refractivity contribution in [2.45, 2.75) is 49.9 Å². The van der Waals surface area contributed by atoms with Gasteiger partial charge in [-0.1, -0.05) is 60.7 Å². The molecule has 0 aliphatic carbocycles. The van der Waals surface area contributed by atoms with Crippen LogP contribution in [0.1, 0.15) is 48.9 Å². The molecule has 4 aliphatic rings. The maximum Gasteiger partial charge on any atom is 0.410 e. The first-order valence-electron chi connectivity index (χ1n) is 21.0. The molecule has 5 aromatic rings. The average Bonchev–Trinajstić information content (AvgIpc) is 4.17. The summed E-state index contributed by atoms with van der Waals surface area (Å²) in [6.45, 7) is 0.779. The molecule has 16 heteroatoms. The molecule has 0 bridgehead atoms. The second-order valence-electron chi connectivity index (χ2n) is 15.9. The van der Waals surface area contributed by atoms with Crippen LogP contribution in [0.15, 0.2) is 120 Å². The number of carbonyl (C=O) groups excluding carboxylic acids is 6. The van der Waals surface area contributed by atoms with Crippen LogP contribution in [0.3, 0.4) is 0 Å². The fourth-order valence-corrected chi connectivity index (χ4v) is 8.71. The van der Waals surface area contributed by atoms with Crippen LogP contribution in [0.4, 0.5) is 21.0 Å². The predicted octanol–water partition coefficient (Wildman–Crippen LogP) is 6.25. The number of amides is 6. The van der Waals surface area contributed by atoms with Gasteiger partial charge in [-0.05, 0) is 85.3 Å². The highest BCUT2D eigenvalue weighted by molar-refractivity contribution is 5.99. The quantitative estimate of drug-likeness (QED) is 0.145. The zero-order valence-electron chi connectivity index (χ0n) is 34.3. The summed E-state index contributed by atoms with van der Waals surface area (Å²) in [6.07, 6.45) is 2.84. The number of hydrogen-bond donors (Lipinski definition) is 2. The molecule has 9 rings (SSSR count). The third-order valence-corrected chi connectivity index (χ3v) is 12.0. The Morgan fingerprint density at radius 3 is 1.49 bits per heavy atom. The first kappa shape index (κ1) is 40.9. The van der Waals surface area contributed by atoms with E-state index in [0.29, 0.717) is 67.4 Å². The zero-order valence-corrected chi connectivity index (χ0v) is 34.3. The average molecular weight is 852 g/mol. The van der Waals surface area contributed by atoms with E-state index < -0.39 is 24.3 Å². The van der Waals surface area contributed by atoms with Gasteiger partial charge in [0.2, 0.25) is 29.5 Å². The molecule has 0 radical (unpaired) electrons. The van der Waals surface area contributed by atoms with Crippen molar-refractivity contribution in [2.75, 3.05) is 50.0 Å². The maximum atomic E-state index is 13.5. The van der Waals surface area contributed by atoms with Gasteiger partial charge >= 0.3 is 12.2 Å². The first-order chi connectivity index (χ1) is 30.7. The molecule has 2 N–H and O–H groups in total. The molecule has 4 fully saturated rings. The highest BCUT2D eigenvalue weighted by Crippen LogP contribution is 2.32. The van der Waals surface area contributed by atoms with Crippen LogP contribution in [0, 0.1) is 0 Å². The van der Waals surface area contributed by atoms with Gasteiger partial charge in [-0.25, -0.2) is 14.6 Å². The van der Waals surface area contributed by atoms with Crippen molar-refractivity contribution in [2.24, 2.45) is 0 Å². The van der Waals surface area contributed by atoms with Crippen LogP contribution in [-0.2, 0) is 28.7 Å². The lowest BCUT2D eigenvalue weighted by Crippen LogP contribution is -2.47. The van der Waals surface area contributed by atoms with E-state index in [0.717, 1.165) is 16.7 Å². The van der Waals surface area contributed by atoms with Gasteiger partial charge in [0.05, 0.1) is 18.3 Å². The summed E-state index contributed by atoms with van der Waals surface area (Å²) >= 11 is 0. The molecule has 63 heavy (non-hydrogen) atoms. The highest BCUT2D eigenvalue weighted by Gasteiger charge is 2.41. The topological polar surface area (TPSA) is 184 Å². The van der Waals surface area contributed by atoms with E-state index in [9.17, 15) is 28.8 Å². The van der Waals surface area contributed by atoms with E-state index >= 15 is 0 Å². The van der Waals surface area contributed by atoms with E-state index in [2.05, 4.69) is 15.6 Å². The second kappa shape index (κ2) is 17.8. The molecule has 6 amide bonds. The summed E-state index contributed by atoms with van der Waals surface area (Å²) in [5.74, 6) is -0.373. The van der Waals surface area contributed by atoms with Gasteiger partial charge in [-0.3, -0.25) is 29.0 Å². The first-order valence-corrected chi connectivity index (χ1v) is 21.0. The van der Waals surface area contributed by atoms with E-state index in [-0.39, 0.29) is 62.0 Å². The Morgan fingerprint density at radius 1 is 0.587 bits per heavy atom. The molecule has 322 valence electrons. The number of nitrogens with one attached hydrogen (secondary N) is 2. The summed E-state index contributed by atoms with van der Waals surface area (Å²) < 4.78 is 16.6. The van der Waals surface area contributed by atoms with Crippen molar-refractivity contribution >= 4 is 47.2 Å². The van der Waals surface area contributed by atoms with Crippen molar-refractivity contribution in [3.63, 3.8) is 0 Å². The SMILES string of the molecule is O=C(Nc1ccc(-c2cnc(-c3ccc(NC(=O)C4CCCN4C(=O)CN4C(=O)OC[C@@H]4c4ccccc4)cc3)o2)cc1)C1CCCN1C(=O)CN1C(=O)OC[C@@H]1c1ccccc1.